The van der Waals surface area contributed by atoms with Gasteiger partial charge < -0.3 is 4.74 Å². The van der Waals surface area contributed by atoms with Crippen molar-refractivity contribution in [3.05, 3.63) is 82.2 Å². The van der Waals surface area contributed by atoms with Gasteiger partial charge in [0.1, 0.15) is 11.4 Å². The minimum Gasteiger partial charge on any atom is -0.422 e. The second-order valence-electron chi connectivity index (χ2n) is 4.64. The smallest absolute Gasteiger partial charge is 0.362 e. The summed E-state index contributed by atoms with van der Waals surface area (Å²) in [5.74, 6) is 0.0486. The first-order valence-corrected chi connectivity index (χ1v) is 7.79. The Morgan fingerprint density at radius 1 is 0.864 bits per heavy atom. The summed E-state index contributed by atoms with van der Waals surface area (Å²) >= 11 is 2.28. The number of halogens is 1. The van der Waals surface area contributed by atoms with Gasteiger partial charge in [0.05, 0.1) is 0 Å². The predicted molar refractivity (Wildman–Crippen MR) is 93.8 cm³/mol. The van der Waals surface area contributed by atoms with Crippen LogP contribution in [0.3, 0.4) is 0 Å². The third-order valence-corrected chi connectivity index (χ3v) is 3.84. The largest absolute Gasteiger partial charge is 0.422 e. The second-order valence-corrected chi connectivity index (χ2v) is 5.88. The Morgan fingerprint density at radius 2 is 1.50 bits per heavy atom. The van der Waals surface area contributed by atoms with Crippen molar-refractivity contribution >= 4 is 28.6 Å². The lowest BCUT2D eigenvalue weighted by atomic mass is 10.1. The molecule has 0 radical (unpaired) electrons. The van der Waals surface area contributed by atoms with Crippen molar-refractivity contribution in [3.8, 4) is 16.9 Å². The van der Waals surface area contributed by atoms with Gasteiger partial charge in [-0.25, -0.2) is 9.78 Å². The number of nitrogens with zero attached hydrogens (tertiary/aromatic N) is 1. The molecule has 0 spiro atoms. The molecule has 3 rings (SSSR count). The van der Waals surface area contributed by atoms with Gasteiger partial charge in [0.15, 0.2) is 0 Å². The topological polar surface area (TPSA) is 39.2 Å². The first-order valence-electron chi connectivity index (χ1n) is 6.71. The molecule has 0 amide bonds. The molecule has 0 saturated carbocycles. The van der Waals surface area contributed by atoms with Crippen molar-refractivity contribution in [3.63, 3.8) is 0 Å². The van der Waals surface area contributed by atoms with Crippen molar-refractivity contribution in [1.82, 2.24) is 4.98 Å². The summed E-state index contributed by atoms with van der Waals surface area (Å²) in [4.78, 5) is 15.9. The third-order valence-electron chi connectivity index (χ3n) is 3.12. The van der Waals surface area contributed by atoms with E-state index < -0.39 is 5.97 Å². The van der Waals surface area contributed by atoms with Crippen molar-refractivity contribution in [2.75, 3.05) is 0 Å². The number of carbonyl (C=O) groups is 1. The molecule has 0 N–H and O–H groups in total. The van der Waals surface area contributed by atoms with E-state index in [-0.39, 0.29) is 0 Å². The van der Waals surface area contributed by atoms with Crippen LogP contribution in [0.4, 0.5) is 0 Å². The zero-order valence-electron chi connectivity index (χ0n) is 11.6. The molecular weight excluding hydrogens is 389 g/mol. The van der Waals surface area contributed by atoms with Crippen molar-refractivity contribution < 1.29 is 9.53 Å². The molecule has 108 valence electrons. The molecule has 0 saturated heterocycles. The van der Waals surface area contributed by atoms with Crippen LogP contribution in [0.2, 0.25) is 0 Å². The van der Waals surface area contributed by atoms with E-state index in [0.29, 0.717) is 11.4 Å². The van der Waals surface area contributed by atoms with Crippen LogP contribution in [0.15, 0.2) is 72.9 Å². The highest BCUT2D eigenvalue weighted by atomic mass is 127. The third kappa shape index (κ3) is 3.51. The summed E-state index contributed by atoms with van der Waals surface area (Å²) in [5.41, 5.74) is 2.50. The number of aromatic nitrogens is 1. The summed E-state index contributed by atoms with van der Waals surface area (Å²) in [6.07, 6.45) is 1.57. The Hall–Kier alpha value is -2.21. The first-order chi connectivity index (χ1) is 10.7. The number of esters is 1. The molecule has 0 aliphatic rings. The maximum Gasteiger partial charge on any atom is 0.362 e. The van der Waals surface area contributed by atoms with Crippen LogP contribution in [0.5, 0.6) is 5.75 Å². The second kappa shape index (κ2) is 6.70. The summed E-state index contributed by atoms with van der Waals surface area (Å²) in [5, 5.41) is 0. The maximum absolute atomic E-state index is 11.9. The number of hydrogen-bond donors (Lipinski definition) is 0. The Labute approximate surface area is 142 Å². The fourth-order valence-electron chi connectivity index (χ4n) is 2.00. The summed E-state index contributed by atoms with van der Waals surface area (Å²) in [7, 11) is 0. The lowest BCUT2D eigenvalue weighted by Gasteiger charge is -2.06. The van der Waals surface area contributed by atoms with Gasteiger partial charge in [-0.2, -0.15) is 0 Å². The maximum atomic E-state index is 11.9. The predicted octanol–water partition coefficient (Wildman–Crippen LogP) is 4.57. The van der Waals surface area contributed by atoms with Gasteiger partial charge in [-0.1, -0.05) is 30.3 Å². The van der Waals surface area contributed by atoms with Gasteiger partial charge in [-0.3, -0.25) is 0 Å². The van der Waals surface area contributed by atoms with E-state index in [1.165, 1.54) is 3.57 Å². The summed E-state index contributed by atoms with van der Waals surface area (Å²) in [6, 6.07) is 20.8. The number of hydrogen-bond acceptors (Lipinski definition) is 3. The Kier molecular flexibility index (Phi) is 4.48. The van der Waals surface area contributed by atoms with Crippen LogP contribution in [-0.4, -0.2) is 11.0 Å². The molecule has 0 unspecified atom stereocenters. The molecule has 0 aliphatic carbocycles. The van der Waals surface area contributed by atoms with Gasteiger partial charge in [0.25, 0.3) is 0 Å². The molecule has 1 heterocycles. The standard InChI is InChI=1S/C18H12INO2/c19-15-8-4-13(5-9-15)14-6-10-16(11-7-14)22-18(21)17-3-1-2-12-20-17/h1-12H. The Morgan fingerprint density at radius 3 is 2.09 bits per heavy atom. The highest BCUT2D eigenvalue weighted by Crippen LogP contribution is 2.23. The number of ether oxygens (including phenoxy) is 1. The molecule has 3 aromatic rings. The summed E-state index contributed by atoms with van der Waals surface area (Å²) in [6.45, 7) is 0. The average molecular weight is 401 g/mol. The van der Waals surface area contributed by atoms with Gasteiger partial charge in [-0.05, 0) is 70.1 Å². The molecule has 0 bridgehead atoms. The molecule has 0 aliphatic heterocycles. The molecular formula is C18H12INO2. The van der Waals surface area contributed by atoms with Crippen LogP contribution in [0, 0.1) is 3.57 Å². The quantitative estimate of drug-likeness (QED) is 0.367. The molecule has 2 aromatic carbocycles. The van der Waals surface area contributed by atoms with E-state index in [1.54, 1.807) is 36.5 Å². The Bertz CT molecular complexity index is 768. The minimum absolute atomic E-state index is 0.296. The SMILES string of the molecule is O=C(Oc1ccc(-c2ccc(I)cc2)cc1)c1ccccn1. The van der Waals surface area contributed by atoms with E-state index in [9.17, 15) is 4.79 Å². The van der Waals surface area contributed by atoms with E-state index in [4.69, 9.17) is 4.74 Å². The average Bonchev–Trinajstić information content (AvgIpc) is 2.57. The van der Waals surface area contributed by atoms with Crippen molar-refractivity contribution in [2.24, 2.45) is 0 Å². The van der Waals surface area contributed by atoms with E-state index in [0.717, 1.165) is 11.1 Å². The molecule has 0 atom stereocenters. The van der Waals surface area contributed by atoms with E-state index in [2.05, 4.69) is 51.8 Å². The molecule has 1 aromatic heterocycles. The zero-order chi connectivity index (χ0) is 15.4. The van der Waals surface area contributed by atoms with Crippen molar-refractivity contribution in [1.29, 1.82) is 0 Å². The van der Waals surface area contributed by atoms with Crippen molar-refractivity contribution in [2.45, 2.75) is 0 Å². The Balaban J connectivity index is 1.74. The minimum atomic E-state index is -0.456. The molecule has 3 nitrogen and oxygen atoms in total. The highest BCUT2D eigenvalue weighted by Gasteiger charge is 2.09. The van der Waals surface area contributed by atoms with E-state index >= 15 is 0 Å². The fraction of sp³-hybridized carbons (Fsp3) is 0. The normalized spacial score (nSPS) is 10.2. The van der Waals surface area contributed by atoms with Crippen LogP contribution in [-0.2, 0) is 0 Å². The number of rotatable bonds is 3. The fourth-order valence-corrected chi connectivity index (χ4v) is 2.36. The number of benzene rings is 2. The first kappa shape index (κ1) is 14.7. The van der Waals surface area contributed by atoms with Gasteiger partial charge in [-0.15, -0.1) is 0 Å². The monoisotopic (exact) mass is 401 g/mol. The molecule has 22 heavy (non-hydrogen) atoms. The van der Waals surface area contributed by atoms with Gasteiger partial charge in [0.2, 0.25) is 0 Å². The lowest BCUT2D eigenvalue weighted by Crippen LogP contribution is -2.09. The number of carbonyl (C=O) groups excluding carboxylic acids is 1. The zero-order valence-corrected chi connectivity index (χ0v) is 13.7. The van der Waals surface area contributed by atoms with Crippen LogP contribution >= 0.6 is 22.6 Å². The number of pyridine rings is 1. The highest BCUT2D eigenvalue weighted by molar-refractivity contribution is 14.1. The molecule has 4 heteroatoms. The summed E-state index contributed by atoms with van der Waals surface area (Å²) < 4.78 is 6.50. The van der Waals surface area contributed by atoms with Crippen LogP contribution < -0.4 is 4.74 Å². The lowest BCUT2D eigenvalue weighted by molar-refractivity contribution is 0.0728. The molecule has 0 fully saturated rings. The van der Waals surface area contributed by atoms with Gasteiger partial charge >= 0.3 is 5.97 Å². The van der Waals surface area contributed by atoms with E-state index in [1.807, 2.05) is 12.1 Å². The van der Waals surface area contributed by atoms with Gasteiger partial charge in [0, 0.05) is 9.77 Å². The van der Waals surface area contributed by atoms with Crippen LogP contribution in [0.1, 0.15) is 10.5 Å². The van der Waals surface area contributed by atoms with Crippen LogP contribution in [0.25, 0.3) is 11.1 Å².